The van der Waals surface area contributed by atoms with Crippen molar-refractivity contribution < 1.29 is 9.90 Å². The van der Waals surface area contributed by atoms with E-state index < -0.39 is 6.10 Å². The van der Waals surface area contributed by atoms with Gasteiger partial charge in [0.2, 0.25) is 5.91 Å². The molecule has 1 N–H and O–H groups in total. The highest BCUT2D eigenvalue weighted by atomic mass is 16.3. The van der Waals surface area contributed by atoms with E-state index in [0.29, 0.717) is 13.1 Å². The number of aliphatic hydroxyl groups is 1. The van der Waals surface area contributed by atoms with E-state index in [1.54, 1.807) is 19.1 Å². The molecule has 0 aliphatic rings. The van der Waals surface area contributed by atoms with Crippen LogP contribution in [0.3, 0.4) is 0 Å². The van der Waals surface area contributed by atoms with Gasteiger partial charge in [-0.15, -0.1) is 6.58 Å². The number of allylic oxidation sites excluding steroid dienone is 2. The number of nitrogens with zero attached hydrogens (tertiary/aromatic N) is 2. The number of rotatable bonds is 13. The van der Waals surface area contributed by atoms with Gasteiger partial charge >= 0.3 is 0 Å². The van der Waals surface area contributed by atoms with Gasteiger partial charge in [0.25, 0.3) is 0 Å². The molecule has 0 aromatic heterocycles. The Labute approximate surface area is 168 Å². The molecule has 0 fully saturated rings. The number of hydrogen-bond donors (Lipinski definition) is 1. The molecule has 4 nitrogen and oxygen atoms in total. The smallest absolute Gasteiger partial charge is 0.250 e. The first kappa shape index (κ1) is 29.8. The van der Waals surface area contributed by atoms with Crippen LogP contribution in [-0.4, -0.2) is 53.1 Å². The van der Waals surface area contributed by atoms with E-state index in [1.807, 2.05) is 33.8 Å². The molecular formula is C23H42N2O2. The van der Waals surface area contributed by atoms with Crippen molar-refractivity contribution in [1.29, 1.82) is 0 Å². The van der Waals surface area contributed by atoms with Crippen LogP contribution in [0.2, 0.25) is 0 Å². The number of carbonyl (C=O) groups excluding carboxylic acids is 1. The minimum atomic E-state index is -0.663. The molecule has 156 valence electrons. The summed E-state index contributed by atoms with van der Waals surface area (Å²) in [6.45, 7) is 26.9. The molecule has 0 bridgehead atoms. The van der Waals surface area contributed by atoms with Crippen LogP contribution >= 0.6 is 0 Å². The highest BCUT2D eigenvalue weighted by Crippen LogP contribution is 2.05. The molecule has 0 radical (unpaired) electrons. The Balaban J connectivity index is -0.00000134. The molecule has 0 heterocycles. The maximum absolute atomic E-state index is 11.8. The number of carbonyl (C=O) groups is 1. The zero-order valence-electron chi connectivity index (χ0n) is 18.3. The van der Waals surface area contributed by atoms with Crippen molar-refractivity contribution >= 4 is 5.91 Å². The molecule has 0 saturated heterocycles. The van der Waals surface area contributed by atoms with Crippen LogP contribution in [0.4, 0.5) is 0 Å². The molecule has 27 heavy (non-hydrogen) atoms. The average molecular weight is 379 g/mol. The van der Waals surface area contributed by atoms with Crippen molar-refractivity contribution in [3.63, 3.8) is 0 Å². The van der Waals surface area contributed by atoms with Crippen molar-refractivity contribution in [2.24, 2.45) is 0 Å². The fourth-order valence-electron chi connectivity index (χ4n) is 2.12. The summed E-state index contributed by atoms with van der Waals surface area (Å²) in [6, 6.07) is 0. The number of amides is 1. The van der Waals surface area contributed by atoms with Crippen LogP contribution < -0.4 is 0 Å². The molecule has 0 aromatic carbocycles. The summed E-state index contributed by atoms with van der Waals surface area (Å²) in [6.07, 6.45) is 9.38. The lowest BCUT2D eigenvalue weighted by Crippen LogP contribution is -2.41. The SMILES string of the molecule is C=CCCCN(CC(=C)C=C)CC(O)CN(C=C)C(=O)/C=C\C.CC.CC. The topological polar surface area (TPSA) is 43.8 Å². The second-order valence-electron chi connectivity index (χ2n) is 5.36. The van der Waals surface area contributed by atoms with Gasteiger partial charge in [0.1, 0.15) is 0 Å². The van der Waals surface area contributed by atoms with Gasteiger partial charge < -0.3 is 10.0 Å². The summed E-state index contributed by atoms with van der Waals surface area (Å²) >= 11 is 0. The van der Waals surface area contributed by atoms with Gasteiger partial charge in [-0.3, -0.25) is 9.69 Å². The Kier molecular flexibility index (Phi) is 24.5. The van der Waals surface area contributed by atoms with E-state index in [0.717, 1.165) is 25.0 Å². The van der Waals surface area contributed by atoms with Crippen molar-refractivity contribution in [3.05, 3.63) is 62.4 Å². The van der Waals surface area contributed by atoms with Gasteiger partial charge in [0.15, 0.2) is 0 Å². The average Bonchev–Trinajstić information content (AvgIpc) is 2.69. The van der Waals surface area contributed by atoms with Crippen molar-refractivity contribution in [2.45, 2.75) is 53.6 Å². The van der Waals surface area contributed by atoms with Crippen LogP contribution in [0.15, 0.2) is 62.4 Å². The number of unbranched alkanes of at least 4 members (excludes halogenated alkanes) is 1. The molecule has 0 saturated carbocycles. The van der Waals surface area contributed by atoms with Gasteiger partial charge in [-0.25, -0.2) is 0 Å². The fraction of sp³-hybridized carbons (Fsp3) is 0.522. The third-order valence-corrected chi connectivity index (χ3v) is 3.29. The van der Waals surface area contributed by atoms with Crippen molar-refractivity contribution in [3.8, 4) is 0 Å². The Morgan fingerprint density at radius 1 is 1.11 bits per heavy atom. The number of aliphatic hydroxyl groups excluding tert-OH is 1. The molecular weight excluding hydrogens is 336 g/mol. The molecule has 1 atom stereocenters. The predicted molar refractivity (Wildman–Crippen MR) is 121 cm³/mol. The summed E-state index contributed by atoms with van der Waals surface area (Å²) in [5, 5.41) is 10.3. The van der Waals surface area contributed by atoms with Crippen LogP contribution in [0.25, 0.3) is 0 Å². The molecule has 0 aliphatic carbocycles. The summed E-state index contributed by atoms with van der Waals surface area (Å²) in [5.41, 5.74) is 0.904. The van der Waals surface area contributed by atoms with E-state index >= 15 is 0 Å². The lowest BCUT2D eigenvalue weighted by Gasteiger charge is -2.27. The van der Waals surface area contributed by atoms with E-state index in [2.05, 4.69) is 31.2 Å². The second kappa shape index (κ2) is 22.1. The summed E-state index contributed by atoms with van der Waals surface area (Å²) in [7, 11) is 0. The molecule has 0 aromatic rings. The molecule has 4 heteroatoms. The zero-order valence-corrected chi connectivity index (χ0v) is 18.3. The summed E-state index contributed by atoms with van der Waals surface area (Å²) < 4.78 is 0. The van der Waals surface area contributed by atoms with Crippen LogP contribution in [0.5, 0.6) is 0 Å². The molecule has 0 aliphatic heterocycles. The summed E-state index contributed by atoms with van der Waals surface area (Å²) in [5.74, 6) is -0.185. The van der Waals surface area contributed by atoms with E-state index in [4.69, 9.17) is 0 Å². The zero-order chi connectivity index (χ0) is 21.7. The Hall–Kier alpha value is -1.91. The standard InChI is InChI=1S/C19H30N2O2.2C2H6/c1-6-10-11-13-20(14-17(5)8-3)15-18(22)16-21(9-4)19(23)12-7-2;2*1-2/h6-9,12,18,22H,1,3-5,10-11,13-16H2,2H3;2*1-2H3/b12-7-;;. The minimum absolute atomic E-state index is 0.185. The normalized spacial score (nSPS) is 10.8. The van der Waals surface area contributed by atoms with E-state index in [-0.39, 0.29) is 12.5 Å². The second-order valence-corrected chi connectivity index (χ2v) is 5.36. The third-order valence-electron chi connectivity index (χ3n) is 3.29. The van der Waals surface area contributed by atoms with E-state index in [1.165, 1.54) is 17.2 Å². The van der Waals surface area contributed by atoms with Gasteiger partial charge in [0.05, 0.1) is 12.6 Å². The Bertz CT molecular complexity index is 442. The highest BCUT2D eigenvalue weighted by Gasteiger charge is 2.16. The quantitative estimate of drug-likeness (QED) is 0.213. The van der Waals surface area contributed by atoms with Crippen LogP contribution in [0, 0.1) is 0 Å². The maximum atomic E-state index is 11.8. The predicted octanol–water partition coefficient (Wildman–Crippen LogP) is 4.96. The van der Waals surface area contributed by atoms with Crippen LogP contribution in [-0.2, 0) is 4.79 Å². The first-order valence-electron chi connectivity index (χ1n) is 9.85. The lowest BCUT2D eigenvalue weighted by atomic mass is 10.2. The van der Waals surface area contributed by atoms with E-state index in [9.17, 15) is 9.90 Å². The number of hydrogen-bond acceptors (Lipinski definition) is 3. The fourth-order valence-corrected chi connectivity index (χ4v) is 2.12. The first-order chi connectivity index (χ1) is 13.0. The maximum Gasteiger partial charge on any atom is 0.250 e. The van der Waals surface area contributed by atoms with Crippen molar-refractivity contribution in [1.82, 2.24) is 9.80 Å². The molecule has 0 rings (SSSR count). The van der Waals surface area contributed by atoms with Crippen LogP contribution in [0.1, 0.15) is 47.5 Å². The first-order valence-corrected chi connectivity index (χ1v) is 9.85. The third kappa shape index (κ3) is 17.3. The Morgan fingerprint density at radius 3 is 2.15 bits per heavy atom. The van der Waals surface area contributed by atoms with Gasteiger partial charge in [0, 0.05) is 13.1 Å². The van der Waals surface area contributed by atoms with Gasteiger partial charge in [-0.05, 0) is 44.2 Å². The molecule has 1 unspecified atom stereocenters. The molecule has 0 spiro atoms. The Morgan fingerprint density at radius 2 is 1.70 bits per heavy atom. The largest absolute Gasteiger partial charge is 0.390 e. The monoisotopic (exact) mass is 378 g/mol. The van der Waals surface area contributed by atoms with Crippen molar-refractivity contribution in [2.75, 3.05) is 26.2 Å². The van der Waals surface area contributed by atoms with Gasteiger partial charge in [-0.1, -0.05) is 65.7 Å². The lowest BCUT2D eigenvalue weighted by molar-refractivity contribution is -0.124. The summed E-state index contributed by atoms with van der Waals surface area (Å²) in [4.78, 5) is 15.4. The molecule has 1 amide bonds. The minimum Gasteiger partial charge on any atom is -0.390 e. The van der Waals surface area contributed by atoms with Gasteiger partial charge in [-0.2, -0.15) is 0 Å². The highest BCUT2D eigenvalue weighted by molar-refractivity contribution is 5.88.